The zero-order valence-electron chi connectivity index (χ0n) is 17.2. The van der Waals surface area contributed by atoms with Crippen LogP contribution in [0.4, 0.5) is 4.39 Å². The summed E-state index contributed by atoms with van der Waals surface area (Å²) in [7, 11) is 3.98. The van der Waals surface area contributed by atoms with E-state index in [1.807, 2.05) is 18.9 Å². The van der Waals surface area contributed by atoms with Crippen molar-refractivity contribution in [3.63, 3.8) is 0 Å². The quantitative estimate of drug-likeness (QED) is 0.778. The summed E-state index contributed by atoms with van der Waals surface area (Å²) in [5.74, 6) is -0.220. The number of carbonyl (C=O) groups excluding carboxylic acids is 2. The number of piperidine rings is 2. The minimum Gasteiger partial charge on any atom is -0.345 e. The third-order valence-corrected chi connectivity index (χ3v) is 6.33. The molecule has 0 spiro atoms. The third-order valence-electron chi connectivity index (χ3n) is 6.33. The van der Waals surface area contributed by atoms with Crippen LogP contribution in [0.5, 0.6) is 0 Å². The summed E-state index contributed by atoms with van der Waals surface area (Å²) in [6.07, 6.45) is 3.01. The summed E-state index contributed by atoms with van der Waals surface area (Å²) in [6, 6.07) is 6.00. The lowest BCUT2D eigenvalue weighted by atomic mass is 9.82. The molecule has 2 heterocycles. The molecule has 2 aliphatic rings. The molecular formula is C22H32FN3O2. The van der Waals surface area contributed by atoms with Gasteiger partial charge >= 0.3 is 0 Å². The summed E-state index contributed by atoms with van der Waals surface area (Å²) < 4.78 is 14.6. The zero-order valence-corrected chi connectivity index (χ0v) is 17.2. The fourth-order valence-electron chi connectivity index (χ4n) is 4.69. The monoisotopic (exact) mass is 389 g/mol. The summed E-state index contributed by atoms with van der Waals surface area (Å²) >= 11 is 0. The predicted octanol–water partition coefficient (Wildman–Crippen LogP) is 2.93. The van der Waals surface area contributed by atoms with E-state index in [4.69, 9.17) is 0 Å². The Morgan fingerprint density at radius 1 is 1.21 bits per heavy atom. The topological polar surface area (TPSA) is 43.9 Å². The lowest BCUT2D eigenvalue weighted by Crippen LogP contribution is -2.49. The zero-order chi connectivity index (χ0) is 20.3. The molecule has 5 nitrogen and oxygen atoms in total. The first kappa shape index (κ1) is 20.8. The second-order valence-electron chi connectivity index (χ2n) is 8.26. The average Bonchev–Trinajstić information content (AvgIpc) is 2.69. The number of nitrogens with zero attached hydrogens (tertiary/aromatic N) is 3. The maximum Gasteiger partial charge on any atom is 0.227 e. The molecule has 1 aromatic carbocycles. The first-order valence-corrected chi connectivity index (χ1v) is 10.4. The van der Waals surface area contributed by atoms with Crippen molar-refractivity contribution in [3.8, 4) is 0 Å². The number of rotatable bonds is 5. The second-order valence-corrected chi connectivity index (χ2v) is 8.26. The molecule has 2 saturated heterocycles. The minimum absolute atomic E-state index is 0.00206. The Hall–Kier alpha value is -1.95. The van der Waals surface area contributed by atoms with E-state index in [1.54, 1.807) is 23.1 Å². The summed E-state index contributed by atoms with van der Waals surface area (Å²) in [5.41, 5.74) is 0.448. The highest BCUT2D eigenvalue weighted by Crippen LogP contribution is 2.38. The van der Waals surface area contributed by atoms with Gasteiger partial charge in [0, 0.05) is 32.1 Å². The van der Waals surface area contributed by atoms with Crippen molar-refractivity contribution in [3.05, 3.63) is 35.6 Å². The molecule has 28 heavy (non-hydrogen) atoms. The van der Waals surface area contributed by atoms with Gasteiger partial charge in [-0.2, -0.15) is 0 Å². The van der Waals surface area contributed by atoms with E-state index in [1.165, 1.54) is 6.07 Å². The Morgan fingerprint density at radius 2 is 1.89 bits per heavy atom. The van der Waals surface area contributed by atoms with Crippen LogP contribution >= 0.6 is 0 Å². The van der Waals surface area contributed by atoms with Crippen molar-refractivity contribution in [2.24, 2.45) is 11.8 Å². The van der Waals surface area contributed by atoms with Crippen molar-refractivity contribution < 1.29 is 14.0 Å². The van der Waals surface area contributed by atoms with Crippen LogP contribution in [0, 0.1) is 17.7 Å². The van der Waals surface area contributed by atoms with E-state index < -0.39 is 12.0 Å². The van der Waals surface area contributed by atoms with Gasteiger partial charge in [-0.1, -0.05) is 18.2 Å². The Kier molecular flexibility index (Phi) is 6.70. The van der Waals surface area contributed by atoms with Gasteiger partial charge in [-0.3, -0.25) is 9.59 Å². The number of likely N-dealkylation sites (tertiary alicyclic amines) is 2. The number of benzene rings is 1. The molecule has 0 saturated carbocycles. The third kappa shape index (κ3) is 4.37. The molecule has 154 valence electrons. The first-order chi connectivity index (χ1) is 13.4. The van der Waals surface area contributed by atoms with E-state index in [9.17, 15) is 14.0 Å². The maximum atomic E-state index is 14.6. The molecule has 2 aliphatic heterocycles. The molecule has 3 rings (SSSR count). The molecule has 2 amide bonds. The number of amides is 2. The van der Waals surface area contributed by atoms with E-state index in [2.05, 4.69) is 11.9 Å². The van der Waals surface area contributed by atoms with Gasteiger partial charge in [-0.25, -0.2) is 4.39 Å². The maximum absolute atomic E-state index is 14.6. The van der Waals surface area contributed by atoms with Crippen molar-refractivity contribution in [1.82, 2.24) is 14.7 Å². The van der Waals surface area contributed by atoms with Crippen LogP contribution in [0.2, 0.25) is 0 Å². The number of halogens is 1. The van der Waals surface area contributed by atoms with Crippen LogP contribution < -0.4 is 0 Å². The van der Waals surface area contributed by atoms with E-state index in [-0.39, 0.29) is 17.6 Å². The predicted molar refractivity (Wildman–Crippen MR) is 107 cm³/mol. The van der Waals surface area contributed by atoms with Crippen LogP contribution in [0.25, 0.3) is 0 Å². The summed E-state index contributed by atoms with van der Waals surface area (Å²) in [4.78, 5) is 31.6. The molecule has 0 radical (unpaired) electrons. The van der Waals surface area contributed by atoms with Gasteiger partial charge in [0.15, 0.2) is 0 Å². The Morgan fingerprint density at radius 3 is 2.54 bits per heavy atom. The van der Waals surface area contributed by atoms with Gasteiger partial charge < -0.3 is 14.7 Å². The highest BCUT2D eigenvalue weighted by atomic mass is 19.1. The standard InChI is InChI=1S/C22H32FN3O2/c1-4-26-20(27)10-9-18(21(26)17-7-5-6-8-19(17)23)22(28)25(3)15-16-11-13-24(2)14-12-16/h5-8,16,18,21H,4,9-15H2,1-3H3/t18-,21+/m1/s1. The van der Waals surface area contributed by atoms with Crippen LogP contribution in [0.15, 0.2) is 24.3 Å². The molecule has 1 aromatic rings. The Labute approximate surface area is 167 Å². The molecule has 0 N–H and O–H groups in total. The number of carbonyl (C=O) groups is 2. The Balaban J connectivity index is 1.80. The van der Waals surface area contributed by atoms with Gasteiger partial charge in [0.05, 0.1) is 12.0 Å². The van der Waals surface area contributed by atoms with Crippen LogP contribution in [-0.4, -0.2) is 66.8 Å². The van der Waals surface area contributed by atoms with Crippen LogP contribution in [0.1, 0.15) is 44.2 Å². The van der Waals surface area contributed by atoms with Gasteiger partial charge in [-0.15, -0.1) is 0 Å². The van der Waals surface area contributed by atoms with E-state index in [0.717, 1.165) is 32.5 Å². The molecule has 0 aliphatic carbocycles. The normalized spacial score (nSPS) is 24.4. The smallest absolute Gasteiger partial charge is 0.227 e. The molecule has 0 aromatic heterocycles. The first-order valence-electron chi connectivity index (χ1n) is 10.4. The van der Waals surface area contributed by atoms with Crippen molar-refractivity contribution in [2.45, 2.75) is 38.6 Å². The molecule has 2 atom stereocenters. The van der Waals surface area contributed by atoms with Crippen molar-refractivity contribution >= 4 is 11.8 Å². The summed E-state index contributed by atoms with van der Waals surface area (Å²) in [5, 5.41) is 0. The van der Waals surface area contributed by atoms with Crippen molar-refractivity contribution in [2.75, 3.05) is 40.3 Å². The minimum atomic E-state index is -0.528. The van der Waals surface area contributed by atoms with Gasteiger partial charge in [0.2, 0.25) is 11.8 Å². The number of hydrogen-bond acceptors (Lipinski definition) is 3. The molecule has 0 unspecified atom stereocenters. The SMILES string of the molecule is CCN1C(=O)CC[C@@H](C(=O)N(C)CC2CCN(C)CC2)[C@@H]1c1ccccc1F. The lowest BCUT2D eigenvalue weighted by molar-refractivity contribution is -0.147. The van der Waals surface area contributed by atoms with Crippen molar-refractivity contribution in [1.29, 1.82) is 0 Å². The van der Waals surface area contributed by atoms with Crippen LogP contribution in [-0.2, 0) is 9.59 Å². The lowest BCUT2D eigenvalue weighted by Gasteiger charge is -2.42. The average molecular weight is 390 g/mol. The Bertz CT molecular complexity index is 703. The molecular weight excluding hydrogens is 357 g/mol. The highest BCUT2D eigenvalue weighted by Gasteiger charge is 2.42. The largest absolute Gasteiger partial charge is 0.345 e. The van der Waals surface area contributed by atoms with Gasteiger partial charge in [0.25, 0.3) is 0 Å². The molecule has 2 fully saturated rings. The molecule has 6 heteroatoms. The molecule has 0 bridgehead atoms. The van der Waals surface area contributed by atoms with E-state index in [0.29, 0.717) is 30.9 Å². The second kappa shape index (κ2) is 9.03. The fourth-order valence-corrected chi connectivity index (χ4v) is 4.69. The summed E-state index contributed by atoms with van der Waals surface area (Å²) in [6.45, 7) is 5.21. The van der Waals surface area contributed by atoms with Gasteiger partial charge in [-0.05, 0) is 58.3 Å². The van der Waals surface area contributed by atoms with Crippen LogP contribution in [0.3, 0.4) is 0 Å². The van der Waals surface area contributed by atoms with E-state index >= 15 is 0 Å². The number of hydrogen-bond donors (Lipinski definition) is 0. The fraction of sp³-hybridized carbons (Fsp3) is 0.636. The van der Waals surface area contributed by atoms with Gasteiger partial charge in [0.1, 0.15) is 5.82 Å². The highest BCUT2D eigenvalue weighted by molar-refractivity contribution is 5.85.